The zero-order valence-electron chi connectivity index (χ0n) is 30.1. The Kier molecular flexibility index (Phi) is 8.12. The van der Waals surface area contributed by atoms with E-state index in [2.05, 4.69) is 10.2 Å². The quantitative estimate of drug-likeness (QED) is 0.110. The van der Waals surface area contributed by atoms with Crippen LogP contribution in [0.15, 0.2) is 174 Å². The topological polar surface area (TPSA) is 97.6 Å². The van der Waals surface area contributed by atoms with Crippen molar-refractivity contribution in [2.45, 2.75) is 10.8 Å². The molecule has 0 unspecified atom stereocenters. The third-order valence-corrected chi connectivity index (χ3v) is 11.4. The van der Waals surface area contributed by atoms with Crippen LogP contribution in [0, 0.1) is 11.8 Å². The number of anilines is 1. The Morgan fingerprint density at radius 1 is 0.473 bits per heavy atom. The van der Waals surface area contributed by atoms with Gasteiger partial charge in [0.05, 0.1) is 53.9 Å². The number of amides is 2. The highest BCUT2D eigenvalue weighted by Crippen LogP contribution is 2.74. The first kappa shape index (κ1) is 33.9. The first-order valence-corrected chi connectivity index (χ1v) is 18.1. The number of ether oxygens (including phenoxy) is 2. The largest absolute Gasteiger partial charge is 0.497 e. The zero-order valence-corrected chi connectivity index (χ0v) is 30.1. The summed E-state index contributed by atoms with van der Waals surface area (Å²) in [5, 5.41) is 8.68. The molecule has 1 heterocycles. The maximum absolute atomic E-state index is 16.2. The number of carbonyl (C=O) groups excluding carboxylic acids is 3. The number of ketones is 1. The second-order valence-electron chi connectivity index (χ2n) is 13.9. The fourth-order valence-electron chi connectivity index (χ4n) is 9.17. The summed E-state index contributed by atoms with van der Waals surface area (Å²) in [6, 6.07) is 50.4. The molecule has 0 radical (unpaired) electrons. The predicted octanol–water partition coefficient (Wildman–Crippen LogP) is 9.31. The number of fused-ring (bicyclic) bond motifs is 5. The molecule has 6 aromatic carbocycles. The Morgan fingerprint density at radius 2 is 0.855 bits per heavy atom. The van der Waals surface area contributed by atoms with E-state index < -0.39 is 34.5 Å². The third-order valence-electron chi connectivity index (χ3n) is 11.4. The average molecular weight is 722 g/mol. The van der Waals surface area contributed by atoms with Crippen LogP contribution in [0.5, 0.6) is 11.5 Å². The molecule has 6 aromatic rings. The summed E-state index contributed by atoms with van der Waals surface area (Å²) in [5.41, 5.74) is 2.82. The highest BCUT2D eigenvalue weighted by atomic mass is 16.5. The number of methoxy groups -OCH3 is 2. The van der Waals surface area contributed by atoms with Crippen LogP contribution in [0.3, 0.4) is 0 Å². The molecule has 2 bridgehead atoms. The number of carbonyl (C=O) groups is 3. The maximum atomic E-state index is 16.2. The zero-order chi connectivity index (χ0) is 37.7. The molecule has 2 fully saturated rings. The van der Waals surface area contributed by atoms with Gasteiger partial charge in [-0.25, -0.2) is 4.90 Å². The van der Waals surface area contributed by atoms with Gasteiger partial charge in [0.2, 0.25) is 11.8 Å². The van der Waals surface area contributed by atoms with Crippen LogP contribution in [0.1, 0.15) is 22.3 Å². The molecule has 8 nitrogen and oxygen atoms in total. The Labute approximate surface area is 318 Å². The van der Waals surface area contributed by atoms with Gasteiger partial charge in [0.25, 0.3) is 0 Å². The summed E-state index contributed by atoms with van der Waals surface area (Å²) in [6.07, 6.45) is 0. The summed E-state index contributed by atoms with van der Waals surface area (Å²) in [4.78, 5) is 48.1. The number of hydrogen-bond donors (Lipinski definition) is 0. The number of allylic oxidation sites excluding steroid dienone is 2. The van der Waals surface area contributed by atoms with Crippen LogP contribution in [-0.2, 0) is 25.2 Å². The first-order chi connectivity index (χ1) is 26.9. The second kappa shape index (κ2) is 13.2. The van der Waals surface area contributed by atoms with Gasteiger partial charge in [0.1, 0.15) is 11.5 Å². The Hall–Kier alpha value is -6.93. The minimum atomic E-state index is -1.53. The molecule has 9 rings (SSSR count). The Balaban J connectivity index is 1.31. The lowest BCUT2D eigenvalue weighted by molar-refractivity contribution is -0.130. The molecular weight excluding hydrogens is 687 g/mol. The summed E-state index contributed by atoms with van der Waals surface area (Å²) in [5.74, 6) is -1.84. The van der Waals surface area contributed by atoms with Crippen LogP contribution in [0.25, 0.3) is 11.1 Å². The van der Waals surface area contributed by atoms with Crippen molar-refractivity contribution in [2.24, 2.45) is 22.1 Å². The molecule has 0 N–H and O–H groups in total. The van der Waals surface area contributed by atoms with E-state index in [1.807, 2.05) is 140 Å². The van der Waals surface area contributed by atoms with Crippen molar-refractivity contribution >= 4 is 45.8 Å². The lowest BCUT2D eigenvalue weighted by Crippen LogP contribution is -2.45. The number of azo groups is 1. The minimum absolute atomic E-state index is 0.193. The molecule has 0 aromatic heterocycles. The summed E-state index contributed by atoms with van der Waals surface area (Å²) < 4.78 is 11.1. The van der Waals surface area contributed by atoms with Gasteiger partial charge < -0.3 is 9.47 Å². The van der Waals surface area contributed by atoms with Crippen LogP contribution >= 0.6 is 0 Å². The van der Waals surface area contributed by atoms with Crippen molar-refractivity contribution in [2.75, 3.05) is 19.1 Å². The first-order valence-electron chi connectivity index (χ1n) is 18.1. The van der Waals surface area contributed by atoms with Crippen molar-refractivity contribution in [3.8, 4) is 11.5 Å². The number of rotatable bonds is 9. The van der Waals surface area contributed by atoms with E-state index in [0.717, 1.165) is 11.1 Å². The number of imide groups is 1. The summed E-state index contributed by atoms with van der Waals surface area (Å²) in [6.45, 7) is 0. The predicted molar refractivity (Wildman–Crippen MR) is 211 cm³/mol. The van der Waals surface area contributed by atoms with Gasteiger partial charge in [-0.05, 0) is 94.1 Å². The molecule has 55 heavy (non-hydrogen) atoms. The Bertz CT molecular complexity index is 2370. The van der Waals surface area contributed by atoms with E-state index in [-0.39, 0.29) is 5.78 Å². The Morgan fingerprint density at radius 3 is 1.25 bits per heavy atom. The van der Waals surface area contributed by atoms with Crippen LogP contribution < -0.4 is 14.4 Å². The monoisotopic (exact) mass is 721 g/mol. The lowest BCUT2D eigenvalue weighted by atomic mass is 9.59. The van der Waals surface area contributed by atoms with Gasteiger partial charge in [0.15, 0.2) is 5.78 Å². The maximum Gasteiger partial charge on any atom is 0.239 e. The van der Waals surface area contributed by atoms with Crippen molar-refractivity contribution < 1.29 is 23.9 Å². The van der Waals surface area contributed by atoms with Crippen molar-refractivity contribution in [1.82, 2.24) is 0 Å². The SMILES string of the molecule is COc1ccc(C2=C(c3ccc(OC)cc3)[C@@]3(c4ccccc4)C(=O)[C@@]2(c2ccccc2)[C@@H]2C(=O)N(c4ccc(N=Nc5ccccc5)cc4)C(=O)[C@H]23)cc1. The highest BCUT2D eigenvalue weighted by Gasteiger charge is 2.82. The van der Waals surface area contributed by atoms with Gasteiger partial charge in [-0.15, -0.1) is 0 Å². The van der Waals surface area contributed by atoms with Gasteiger partial charge in [-0.2, -0.15) is 10.2 Å². The lowest BCUT2D eigenvalue weighted by Gasteiger charge is -2.39. The number of Topliss-reactive ketones (excluding diaryl/α,β-unsaturated/α-hetero) is 1. The highest BCUT2D eigenvalue weighted by molar-refractivity contribution is 6.39. The van der Waals surface area contributed by atoms with E-state index in [1.54, 1.807) is 38.5 Å². The van der Waals surface area contributed by atoms with Crippen LogP contribution in [-0.4, -0.2) is 31.8 Å². The van der Waals surface area contributed by atoms with E-state index in [1.165, 1.54) is 4.90 Å². The molecular formula is C47H35N3O5. The van der Waals surface area contributed by atoms with Gasteiger partial charge in [0, 0.05) is 0 Å². The number of benzene rings is 6. The van der Waals surface area contributed by atoms with E-state index in [0.29, 0.717) is 50.8 Å². The summed E-state index contributed by atoms with van der Waals surface area (Å²) in [7, 11) is 3.21. The molecule has 268 valence electrons. The molecule has 1 saturated carbocycles. The van der Waals surface area contributed by atoms with Gasteiger partial charge >= 0.3 is 0 Å². The van der Waals surface area contributed by atoms with Crippen molar-refractivity contribution in [3.05, 3.63) is 186 Å². The smallest absolute Gasteiger partial charge is 0.239 e. The fourth-order valence-corrected chi connectivity index (χ4v) is 9.17. The number of hydrogen-bond acceptors (Lipinski definition) is 7. The normalized spacial score (nSPS) is 22.8. The van der Waals surface area contributed by atoms with E-state index in [4.69, 9.17) is 9.47 Å². The minimum Gasteiger partial charge on any atom is -0.497 e. The standard InChI is InChI=1S/C47H35N3O5/c1-54-37-26-18-30(19-27-37)39-40(31-20-28-38(55-2)29-21-31)47(33-14-8-4-9-15-33)42-41(46(39,45(47)53)32-12-6-3-7-13-32)43(51)50(44(42)52)36-24-22-35(23-25-36)49-48-34-16-10-5-11-17-34/h3-29,41-42H,1-2H3/t41-,42-,46+,47+/m0/s1. The molecule has 0 spiro atoms. The molecule has 3 aliphatic rings. The third kappa shape index (κ3) is 4.87. The molecule has 8 heteroatoms. The number of nitrogens with zero attached hydrogens (tertiary/aromatic N) is 3. The van der Waals surface area contributed by atoms with E-state index >= 15 is 14.4 Å². The molecule has 2 aliphatic carbocycles. The molecule has 4 atom stereocenters. The van der Waals surface area contributed by atoms with Crippen molar-refractivity contribution in [1.29, 1.82) is 0 Å². The second-order valence-corrected chi connectivity index (χ2v) is 13.9. The van der Waals surface area contributed by atoms with Gasteiger partial charge in [-0.3, -0.25) is 14.4 Å². The molecule has 1 saturated heterocycles. The summed E-state index contributed by atoms with van der Waals surface area (Å²) >= 11 is 0. The van der Waals surface area contributed by atoms with Gasteiger partial charge in [-0.1, -0.05) is 103 Å². The fraction of sp³-hybridized carbons (Fsp3) is 0.128. The average Bonchev–Trinajstić information content (AvgIpc) is 3.76. The van der Waals surface area contributed by atoms with Crippen LogP contribution in [0.2, 0.25) is 0 Å². The van der Waals surface area contributed by atoms with E-state index in [9.17, 15) is 0 Å². The van der Waals surface area contributed by atoms with Crippen LogP contribution in [0.4, 0.5) is 17.1 Å². The van der Waals surface area contributed by atoms with Crippen molar-refractivity contribution in [3.63, 3.8) is 0 Å². The molecule has 1 aliphatic heterocycles. The molecule has 2 amide bonds.